The van der Waals surface area contributed by atoms with Crippen LogP contribution in [0.5, 0.6) is 0 Å². The van der Waals surface area contributed by atoms with Crippen molar-refractivity contribution in [2.24, 2.45) is 0 Å². The summed E-state index contributed by atoms with van der Waals surface area (Å²) in [4.78, 5) is 14.0. The number of benzene rings is 1. The molecule has 2 rings (SSSR count). The molecule has 0 spiro atoms. The molecule has 1 amide bonds. The van der Waals surface area contributed by atoms with Gasteiger partial charge in [-0.25, -0.2) is 0 Å². The van der Waals surface area contributed by atoms with E-state index in [9.17, 15) is 4.79 Å². The minimum absolute atomic E-state index is 0.0214. The summed E-state index contributed by atoms with van der Waals surface area (Å²) in [5, 5.41) is 6.76. The van der Waals surface area contributed by atoms with E-state index < -0.39 is 0 Å². The van der Waals surface area contributed by atoms with Crippen LogP contribution >= 0.6 is 11.6 Å². The second-order valence-electron chi connectivity index (χ2n) is 4.68. The number of hydrogen-bond donors (Lipinski definition) is 2. The van der Waals surface area contributed by atoms with Crippen LogP contribution < -0.4 is 10.6 Å². The van der Waals surface area contributed by atoms with E-state index in [1.165, 1.54) is 0 Å². The summed E-state index contributed by atoms with van der Waals surface area (Å²) in [5.74, 6) is -0.0214. The van der Waals surface area contributed by atoms with Crippen molar-refractivity contribution < 1.29 is 4.79 Å². The van der Waals surface area contributed by atoms with Crippen molar-refractivity contribution in [1.82, 2.24) is 10.2 Å². The fraction of sp³-hybridized carbons (Fsp3) is 0.462. The number of anilines is 1. The Hall–Kier alpha value is -1.10. The largest absolute Gasteiger partial charge is 0.325 e. The van der Waals surface area contributed by atoms with Crippen molar-refractivity contribution in [3.8, 4) is 0 Å². The van der Waals surface area contributed by atoms with Crippen molar-refractivity contribution in [3.63, 3.8) is 0 Å². The molecule has 1 aromatic carbocycles. The number of nitrogens with one attached hydrogen (secondary N) is 2. The van der Waals surface area contributed by atoms with E-state index in [4.69, 9.17) is 11.6 Å². The van der Waals surface area contributed by atoms with Crippen LogP contribution in [0.25, 0.3) is 0 Å². The van der Waals surface area contributed by atoms with E-state index in [0.29, 0.717) is 17.6 Å². The number of likely N-dealkylation sites (tertiary alicyclic amines) is 1. The molecule has 1 aliphatic rings. The summed E-state index contributed by atoms with van der Waals surface area (Å²) in [6, 6.07) is 7.53. The molecular formula is C13H18ClN3O. The number of hydrogen-bond acceptors (Lipinski definition) is 3. The van der Waals surface area contributed by atoms with Crippen molar-refractivity contribution in [2.75, 3.05) is 32.0 Å². The van der Waals surface area contributed by atoms with Crippen molar-refractivity contribution in [3.05, 3.63) is 29.3 Å². The third kappa shape index (κ3) is 3.98. The van der Waals surface area contributed by atoms with Gasteiger partial charge < -0.3 is 15.5 Å². The molecule has 4 nitrogen and oxygen atoms in total. The molecule has 1 aromatic rings. The lowest BCUT2D eigenvalue weighted by Crippen LogP contribution is -2.37. The summed E-state index contributed by atoms with van der Waals surface area (Å²) in [6.07, 6.45) is 1.10. The van der Waals surface area contributed by atoms with Crippen LogP contribution in [0.4, 0.5) is 5.69 Å². The van der Waals surface area contributed by atoms with Crippen LogP contribution in [0, 0.1) is 0 Å². The fourth-order valence-corrected chi connectivity index (χ4v) is 2.20. The molecule has 1 saturated heterocycles. The second-order valence-corrected chi connectivity index (χ2v) is 5.12. The molecule has 0 aromatic heterocycles. The Morgan fingerprint density at radius 1 is 1.44 bits per heavy atom. The van der Waals surface area contributed by atoms with Gasteiger partial charge >= 0.3 is 0 Å². The Kier molecular flexibility index (Phi) is 4.58. The van der Waals surface area contributed by atoms with Crippen LogP contribution in [0.1, 0.15) is 6.42 Å². The SMILES string of the molecule is CN1CCC(NCC(=O)Nc2ccc(Cl)cc2)C1. The molecule has 1 heterocycles. The van der Waals surface area contributed by atoms with Gasteiger partial charge in [0.05, 0.1) is 6.54 Å². The summed E-state index contributed by atoms with van der Waals surface area (Å²) in [7, 11) is 2.09. The minimum atomic E-state index is -0.0214. The maximum atomic E-state index is 11.7. The van der Waals surface area contributed by atoms with Crippen LogP contribution in [0.2, 0.25) is 5.02 Å². The first-order valence-electron chi connectivity index (χ1n) is 6.11. The first-order chi connectivity index (χ1) is 8.63. The van der Waals surface area contributed by atoms with Gasteiger partial charge in [-0.15, -0.1) is 0 Å². The lowest BCUT2D eigenvalue weighted by atomic mass is 10.2. The Morgan fingerprint density at radius 3 is 2.78 bits per heavy atom. The maximum absolute atomic E-state index is 11.7. The van der Waals surface area contributed by atoms with Crippen molar-refractivity contribution >= 4 is 23.2 Å². The smallest absolute Gasteiger partial charge is 0.238 e. The van der Waals surface area contributed by atoms with Gasteiger partial charge in [-0.2, -0.15) is 0 Å². The van der Waals surface area contributed by atoms with Gasteiger partial charge in [0.1, 0.15) is 0 Å². The maximum Gasteiger partial charge on any atom is 0.238 e. The third-order valence-electron chi connectivity index (χ3n) is 3.07. The molecule has 0 bridgehead atoms. The zero-order valence-electron chi connectivity index (χ0n) is 10.4. The fourth-order valence-electron chi connectivity index (χ4n) is 2.08. The summed E-state index contributed by atoms with van der Waals surface area (Å²) in [6.45, 7) is 2.45. The molecular weight excluding hydrogens is 250 g/mol. The molecule has 98 valence electrons. The summed E-state index contributed by atoms with van der Waals surface area (Å²) < 4.78 is 0. The van der Waals surface area contributed by atoms with E-state index in [1.807, 2.05) is 0 Å². The van der Waals surface area contributed by atoms with Crippen LogP contribution in [0.15, 0.2) is 24.3 Å². The van der Waals surface area contributed by atoms with Crippen LogP contribution in [-0.2, 0) is 4.79 Å². The van der Waals surface area contributed by atoms with Crippen molar-refractivity contribution in [1.29, 1.82) is 0 Å². The average Bonchev–Trinajstić information content (AvgIpc) is 2.76. The monoisotopic (exact) mass is 267 g/mol. The van der Waals surface area contributed by atoms with E-state index in [-0.39, 0.29) is 5.91 Å². The average molecular weight is 268 g/mol. The Morgan fingerprint density at radius 2 is 2.17 bits per heavy atom. The van der Waals surface area contributed by atoms with Gasteiger partial charge in [0, 0.05) is 23.3 Å². The number of carbonyl (C=O) groups excluding carboxylic acids is 1. The third-order valence-corrected chi connectivity index (χ3v) is 3.32. The van der Waals surface area contributed by atoms with Crippen LogP contribution in [0.3, 0.4) is 0 Å². The first-order valence-corrected chi connectivity index (χ1v) is 6.48. The second kappa shape index (κ2) is 6.18. The highest BCUT2D eigenvalue weighted by Gasteiger charge is 2.19. The number of halogens is 1. The lowest BCUT2D eigenvalue weighted by molar-refractivity contribution is -0.115. The number of amides is 1. The predicted octanol–water partition coefficient (Wildman–Crippen LogP) is 1.57. The molecule has 1 unspecified atom stereocenters. The molecule has 2 N–H and O–H groups in total. The van der Waals surface area contributed by atoms with Gasteiger partial charge in [-0.05, 0) is 44.3 Å². The van der Waals surface area contributed by atoms with E-state index in [1.54, 1.807) is 24.3 Å². The molecule has 0 aliphatic carbocycles. The van der Waals surface area contributed by atoms with Crippen LogP contribution in [-0.4, -0.2) is 43.5 Å². The zero-order chi connectivity index (χ0) is 13.0. The highest BCUT2D eigenvalue weighted by Crippen LogP contribution is 2.13. The summed E-state index contributed by atoms with van der Waals surface area (Å²) in [5.41, 5.74) is 0.773. The molecule has 1 fully saturated rings. The molecule has 1 atom stereocenters. The Bertz CT molecular complexity index is 407. The first kappa shape index (κ1) is 13.3. The van der Waals surface area contributed by atoms with E-state index in [2.05, 4.69) is 22.6 Å². The molecule has 0 saturated carbocycles. The molecule has 0 radical (unpaired) electrons. The van der Waals surface area contributed by atoms with Gasteiger partial charge in [0.2, 0.25) is 5.91 Å². The van der Waals surface area contributed by atoms with E-state index in [0.717, 1.165) is 25.2 Å². The quantitative estimate of drug-likeness (QED) is 0.871. The van der Waals surface area contributed by atoms with Gasteiger partial charge in [-0.1, -0.05) is 11.6 Å². The Balaban J connectivity index is 1.73. The van der Waals surface area contributed by atoms with Gasteiger partial charge in [0.15, 0.2) is 0 Å². The molecule has 1 aliphatic heterocycles. The Labute approximate surface area is 112 Å². The molecule has 18 heavy (non-hydrogen) atoms. The predicted molar refractivity (Wildman–Crippen MR) is 74.0 cm³/mol. The van der Waals surface area contributed by atoms with Crippen molar-refractivity contribution in [2.45, 2.75) is 12.5 Å². The zero-order valence-corrected chi connectivity index (χ0v) is 11.2. The topological polar surface area (TPSA) is 44.4 Å². The number of nitrogens with zero attached hydrogens (tertiary/aromatic N) is 1. The highest BCUT2D eigenvalue weighted by atomic mass is 35.5. The summed E-state index contributed by atoms with van der Waals surface area (Å²) >= 11 is 5.78. The van der Waals surface area contributed by atoms with Gasteiger partial charge in [0.25, 0.3) is 0 Å². The normalized spacial score (nSPS) is 20.0. The highest BCUT2D eigenvalue weighted by molar-refractivity contribution is 6.30. The van der Waals surface area contributed by atoms with Gasteiger partial charge in [-0.3, -0.25) is 4.79 Å². The lowest BCUT2D eigenvalue weighted by Gasteiger charge is -2.12. The molecule has 5 heteroatoms. The number of likely N-dealkylation sites (N-methyl/N-ethyl adjacent to an activating group) is 1. The number of carbonyl (C=O) groups is 1. The standard InChI is InChI=1S/C13H18ClN3O/c1-17-7-6-12(9-17)15-8-13(18)16-11-4-2-10(14)3-5-11/h2-5,12,15H,6-9H2,1H3,(H,16,18). The van der Waals surface area contributed by atoms with E-state index >= 15 is 0 Å². The number of rotatable bonds is 4. The minimum Gasteiger partial charge on any atom is -0.325 e.